The number of hydrogen-bond acceptors (Lipinski definition) is 3. The summed E-state index contributed by atoms with van der Waals surface area (Å²) >= 11 is 5.27. The largest absolute Gasteiger partial charge is 0.496 e. The maximum atomic E-state index is 5.41. The summed E-state index contributed by atoms with van der Waals surface area (Å²) in [5.41, 5.74) is 2.45. The van der Waals surface area contributed by atoms with E-state index in [0.29, 0.717) is 6.04 Å². The molecule has 1 N–H and O–H groups in total. The third-order valence-electron chi connectivity index (χ3n) is 3.46. The highest BCUT2D eigenvalue weighted by atomic mass is 79.9. The van der Waals surface area contributed by atoms with Crippen molar-refractivity contribution in [3.8, 4) is 5.75 Å². The normalized spacial score (nSPS) is 12.2. The highest BCUT2D eigenvalue weighted by Crippen LogP contribution is 2.24. The number of hydrogen-bond donors (Lipinski definition) is 1. The second kappa shape index (κ2) is 7.87. The van der Waals surface area contributed by atoms with Crippen molar-refractivity contribution in [3.63, 3.8) is 0 Å². The molecule has 1 unspecified atom stereocenters. The van der Waals surface area contributed by atoms with Gasteiger partial charge in [0, 0.05) is 27.5 Å². The molecule has 0 saturated carbocycles. The van der Waals surface area contributed by atoms with E-state index >= 15 is 0 Å². The lowest BCUT2D eigenvalue weighted by Crippen LogP contribution is -2.18. The SMILES string of the molecule is COc1ccc(Br)cc1CNC(C)c1ccc(SC)cc1. The minimum absolute atomic E-state index is 0.296. The molecule has 0 aliphatic rings. The van der Waals surface area contributed by atoms with E-state index in [1.807, 2.05) is 12.1 Å². The molecule has 0 spiro atoms. The molecule has 0 heterocycles. The van der Waals surface area contributed by atoms with Crippen LogP contribution in [0.5, 0.6) is 5.75 Å². The van der Waals surface area contributed by atoms with E-state index < -0.39 is 0 Å². The maximum absolute atomic E-state index is 5.41. The Bertz CT molecular complexity index is 586. The predicted molar refractivity (Wildman–Crippen MR) is 94.2 cm³/mol. The Hall–Kier alpha value is -0.970. The van der Waals surface area contributed by atoms with Crippen LogP contribution >= 0.6 is 27.7 Å². The molecule has 0 bridgehead atoms. The van der Waals surface area contributed by atoms with Crippen LogP contribution in [0.2, 0.25) is 0 Å². The number of ether oxygens (including phenoxy) is 1. The van der Waals surface area contributed by atoms with Gasteiger partial charge in [0.15, 0.2) is 0 Å². The zero-order valence-corrected chi connectivity index (χ0v) is 14.9. The van der Waals surface area contributed by atoms with Gasteiger partial charge in [-0.3, -0.25) is 0 Å². The van der Waals surface area contributed by atoms with E-state index in [2.05, 4.69) is 64.8 Å². The molecule has 2 aromatic rings. The van der Waals surface area contributed by atoms with E-state index in [0.717, 1.165) is 22.3 Å². The minimum Gasteiger partial charge on any atom is -0.496 e. The van der Waals surface area contributed by atoms with Crippen LogP contribution in [0.25, 0.3) is 0 Å². The molecule has 21 heavy (non-hydrogen) atoms. The van der Waals surface area contributed by atoms with Crippen LogP contribution in [0.1, 0.15) is 24.1 Å². The van der Waals surface area contributed by atoms with E-state index in [9.17, 15) is 0 Å². The Morgan fingerprint density at radius 3 is 2.52 bits per heavy atom. The summed E-state index contributed by atoms with van der Waals surface area (Å²) in [7, 11) is 1.71. The van der Waals surface area contributed by atoms with Gasteiger partial charge in [-0.15, -0.1) is 11.8 Å². The summed E-state index contributed by atoms with van der Waals surface area (Å²) in [5, 5.41) is 3.55. The number of methoxy groups -OCH3 is 1. The number of thioether (sulfide) groups is 1. The van der Waals surface area contributed by atoms with Crippen LogP contribution in [0.15, 0.2) is 51.8 Å². The first kappa shape index (κ1) is 16.4. The molecule has 2 rings (SSSR count). The average Bonchev–Trinajstić information content (AvgIpc) is 2.52. The van der Waals surface area contributed by atoms with Crippen molar-refractivity contribution in [1.29, 1.82) is 0 Å². The molecule has 1 atom stereocenters. The lowest BCUT2D eigenvalue weighted by Gasteiger charge is -2.16. The van der Waals surface area contributed by atoms with E-state index in [-0.39, 0.29) is 0 Å². The Morgan fingerprint density at radius 2 is 1.90 bits per heavy atom. The molecule has 0 aromatic heterocycles. The van der Waals surface area contributed by atoms with Crippen LogP contribution < -0.4 is 10.1 Å². The van der Waals surface area contributed by atoms with Gasteiger partial charge in [0.05, 0.1) is 7.11 Å². The molecular formula is C17H20BrNOS. The maximum Gasteiger partial charge on any atom is 0.123 e. The van der Waals surface area contributed by atoms with Gasteiger partial charge in [-0.25, -0.2) is 0 Å². The van der Waals surface area contributed by atoms with E-state index in [4.69, 9.17) is 4.74 Å². The molecule has 112 valence electrons. The second-order valence-corrected chi connectivity index (χ2v) is 6.63. The third-order valence-corrected chi connectivity index (χ3v) is 4.69. The third kappa shape index (κ3) is 4.50. The quantitative estimate of drug-likeness (QED) is 0.725. The molecule has 0 aliphatic carbocycles. The van der Waals surface area contributed by atoms with Crippen LogP contribution in [-0.4, -0.2) is 13.4 Å². The molecular weight excluding hydrogens is 346 g/mol. The van der Waals surface area contributed by atoms with Gasteiger partial charge in [-0.1, -0.05) is 28.1 Å². The first-order valence-corrected chi connectivity index (χ1v) is 8.85. The Morgan fingerprint density at radius 1 is 1.19 bits per heavy atom. The van der Waals surface area contributed by atoms with Gasteiger partial charge < -0.3 is 10.1 Å². The first-order valence-electron chi connectivity index (χ1n) is 6.83. The highest BCUT2D eigenvalue weighted by molar-refractivity contribution is 9.10. The number of benzene rings is 2. The molecule has 4 heteroatoms. The van der Waals surface area contributed by atoms with Crippen LogP contribution in [0, 0.1) is 0 Å². The van der Waals surface area contributed by atoms with Crippen molar-refractivity contribution >= 4 is 27.7 Å². The fourth-order valence-electron chi connectivity index (χ4n) is 2.16. The summed E-state index contributed by atoms with van der Waals surface area (Å²) in [5.74, 6) is 0.913. The van der Waals surface area contributed by atoms with Crippen molar-refractivity contribution in [3.05, 3.63) is 58.1 Å². The predicted octanol–water partition coefficient (Wildman–Crippen LogP) is 5.03. The minimum atomic E-state index is 0.296. The van der Waals surface area contributed by atoms with Gasteiger partial charge in [-0.05, 0) is 49.1 Å². The Kier molecular flexibility index (Phi) is 6.15. The van der Waals surface area contributed by atoms with Gasteiger partial charge in [0.1, 0.15) is 5.75 Å². The van der Waals surface area contributed by atoms with Crippen molar-refractivity contribution in [1.82, 2.24) is 5.32 Å². The number of halogens is 1. The number of rotatable bonds is 6. The fourth-order valence-corrected chi connectivity index (χ4v) is 2.98. The van der Waals surface area contributed by atoms with Crippen LogP contribution in [0.3, 0.4) is 0 Å². The first-order chi connectivity index (χ1) is 10.1. The van der Waals surface area contributed by atoms with Gasteiger partial charge in [0.25, 0.3) is 0 Å². The van der Waals surface area contributed by atoms with E-state index in [1.54, 1.807) is 18.9 Å². The van der Waals surface area contributed by atoms with Gasteiger partial charge in [-0.2, -0.15) is 0 Å². The average molecular weight is 366 g/mol. The summed E-state index contributed by atoms with van der Waals surface area (Å²) < 4.78 is 6.47. The molecule has 2 nitrogen and oxygen atoms in total. The van der Waals surface area contributed by atoms with Gasteiger partial charge >= 0.3 is 0 Å². The van der Waals surface area contributed by atoms with E-state index in [1.165, 1.54) is 10.5 Å². The smallest absolute Gasteiger partial charge is 0.123 e. The van der Waals surface area contributed by atoms with Crippen molar-refractivity contribution in [2.45, 2.75) is 24.4 Å². The van der Waals surface area contributed by atoms with Crippen molar-refractivity contribution in [2.24, 2.45) is 0 Å². The zero-order valence-electron chi connectivity index (χ0n) is 12.5. The molecule has 2 aromatic carbocycles. The summed E-state index contributed by atoms with van der Waals surface area (Å²) in [4.78, 5) is 1.29. The topological polar surface area (TPSA) is 21.3 Å². The lowest BCUT2D eigenvalue weighted by atomic mass is 10.1. The van der Waals surface area contributed by atoms with Crippen LogP contribution in [-0.2, 0) is 6.54 Å². The zero-order chi connectivity index (χ0) is 15.2. The molecule has 0 fully saturated rings. The standard InChI is InChI=1S/C17H20BrNOS/c1-12(13-4-7-16(21-3)8-5-13)19-11-14-10-15(18)6-9-17(14)20-2/h4-10,12,19H,11H2,1-3H3. The number of nitrogens with one attached hydrogen (secondary N) is 1. The Labute approximate surface area is 139 Å². The molecule has 0 radical (unpaired) electrons. The van der Waals surface area contributed by atoms with Crippen LogP contribution in [0.4, 0.5) is 0 Å². The van der Waals surface area contributed by atoms with Gasteiger partial charge in [0.2, 0.25) is 0 Å². The molecule has 0 amide bonds. The van der Waals surface area contributed by atoms with Crippen molar-refractivity contribution in [2.75, 3.05) is 13.4 Å². The highest BCUT2D eigenvalue weighted by Gasteiger charge is 2.08. The second-order valence-electron chi connectivity index (χ2n) is 4.83. The van der Waals surface area contributed by atoms with Crippen molar-refractivity contribution < 1.29 is 4.74 Å². The monoisotopic (exact) mass is 365 g/mol. The fraction of sp³-hybridized carbons (Fsp3) is 0.294. The summed E-state index contributed by atoms with van der Waals surface area (Å²) in [6.07, 6.45) is 2.09. The summed E-state index contributed by atoms with van der Waals surface area (Å²) in [6.45, 7) is 2.95. The molecule has 0 aliphatic heterocycles. The Balaban J connectivity index is 2.03. The molecule has 0 saturated heterocycles. The summed E-state index contributed by atoms with van der Waals surface area (Å²) in [6, 6.07) is 15.1. The lowest BCUT2D eigenvalue weighted by molar-refractivity contribution is 0.406.